The highest BCUT2D eigenvalue weighted by molar-refractivity contribution is 6.29. The molecule has 0 saturated heterocycles. The highest BCUT2D eigenvalue weighted by Gasteiger charge is 2.14. The van der Waals surface area contributed by atoms with E-state index in [0.717, 1.165) is 11.3 Å². The summed E-state index contributed by atoms with van der Waals surface area (Å²) in [4.78, 5) is 16.0. The monoisotopic (exact) mass is 290 g/mol. The van der Waals surface area contributed by atoms with Crippen LogP contribution in [0.15, 0.2) is 42.6 Å². The van der Waals surface area contributed by atoms with E-state index in [0.29, 0.717) is 10.7 Å². The summed E-state index contributed by atoms with van der Waals surface area (Å²) in [6, 6.07) is 10.6. The van der Waals surface area contributed by atoms with Crippen LogP contribution < -0.4 is 10.1 Å². The van der Waals surface area contributed by atoms with Crippen molar-refractivity contribution in [2.45, 2.75) is 13.0 Å². The van der Waals surface area contributed by atoms with Crippen LogP contribution in [0.4, 0.5) is 0 Å². The van der Waals surface area contributed by atoms with Gasteiger partial charge in [0.25, 0.3) is 5.91 Å². The number of nitrogens with zero attached hydrogens (tertiary/aromatic N) is 1. The van der Waals surface area contributed by atoms with Crippen molar-refractivity contribution in [1.29, 1.82) is 0 Å². The maximum absolute atomic E-state index is 12.1. The average molecular weight is 291 g/mol. The van der Waals surface area contributed by atoms with Gasteiger partial charge in [-0.25, -0.2) is 4.98 Å². The van der Waals surface area contributed by atoms with E-state index in [1.807, 2.05) is 31.2 Å². The van der Waals surface area contributed by atoms with E-state index in [4.69, 9.17) is 16.3 Å². The highest BCUT2D eigenvalue weighted by atomic mass is 35.5. The van der Waals surface area contributed by atoms with E-state index >= 15 is 0 Å². The second kappa shape index (κ2) is 6.39. The molecule has 0 aliphatic heterocycles. The van der Waals surface area contributed by atoms with Crippen molar-refractivity contribution in [3.05, 3.63) is 58.9 Å². The summed E-state index contributed by atoms with van der Waals surface area (Å²) >= 11 is 5.70. The third kappa shape index (κ3) is 3.27. The van der Waals surface area contributed by atoms with Gasteiger partial charge in [-0.15, -0.1) is 0 Å². The highest BCUT2D eigenvalue weighted by Crippen LogP contribution is 2.24. The van der Waals surface area contributed by atoms with E-state index in [2.05, 4.69) is 10.3 Å². The summed E-state index contributed by atoms with van der Waals surface area (Å²) < 4.78 is 5.29. The number of methoxy groups -OCH3 is 1. The van der Waals surface area contributed by atoms with Gasteiger partial charge in [0.15, 0.2) is 0 Å². The molecule has 1 aromatic heterocycles. The molecule has 0 fully saturated rings. The molecule has 104 valence electrons. The van der Waals surface area contributed by atoms with Crippen LogP contribution in [0.5, 0.6) is 5.75 Å². The molecule has 0 saturated carbocycles. The van der Waals surface area contributed by atoms with Gasteiger partial charge >= 0.3 is 0 Å². The molecule has 1 amide bonds. The van der Waals surface area contributed by atoms with E-state index in [1.54, 1.807) is 19.2 Å². The number of halogens is 1. The summed E-state index contributed by atoms with van der Waals surface area (Å²) in [5, 5.41) is 3.27. The van der Waals surface area contributed by atoms with Gasteiger partial charge in [-0.05, 0) is 25.1 Å². The zero-order valence-electron chi connectivity index (χ0n) is 11.3. The van der Waals surface area contributed by atoms with Crippen LogP contribution >= 0.6 is 11.6 Å². The SMILES string of the molecule is COc1ccccc1C(C)NC(=O)c1ccc(Cl)nc1. The minimum Gasteiger partial charge on any atom is -0.496 e. The van der Waals surface area contributed by atoms with Gasteiger partial charge in [0.2, 0.25) is 0 Å². The maximum Gasteiger partial charge on any atom is 0.253 e. The van der Waals surface area contributed by atoms with Crippen LogP contribution in [0.1, 0.15) is 28.9 Å². The topological polar surface area (TPSA) is 51.2 Å². The van der Waals surface area contributed by atoms with Gasteiger partial charge in [-0.2, -0.15) is 0 Å². The van der Waals surface area contributed by atoms with Crippen molar-refractivity contribution < 1.29 is 9.53 Å². The van der Waals surface area contributed by atoms with Crippen molar-refractivity contribution in [3.63, 3.8) is 0 Å². The molecule has 5 heteroatoms. The maximum atomic E-state index is 12.1. The number of hydrogen-bond donors (Lipinski definition) is 1. The zero-order chi connectivity index (χ0) is 14.5. The molecule has 2 rings (SSSR count). The Balaban J connectivity index is 2.13. The Morgan fingerprint density at radius 3 is 2.70 bits per heavy atom. The molecule has 0 aliphatic carbocycles. The lowest BCUT2D eigenvalue weighted by Crippen LogP contribution is -2.27. The van der Waals surface area contributed by atoms with Gasteiger partial charge < -0.3 is 10.1 Å². The van der Waals surface area contributed by atoms with Crippen LogP contribution in [-0.2, 0) is 0 Å². The number of aromatic nitrogens is 1. The van der Waals surface area contributed by atoms with Crippen LogP contribution in [0.25, 0.3) is 0 Å². The largest absolute Gasteiger partial charge is 0.496 e. The molecule has 0 spiro atoms. The number of benzene rings is 1. The average Bonchev–Trinajstić information content (AvgIpc) is 2.47. The molecule has 1 unspecified atom stereocenters. The molecule has 4 nitrogen and oxygen atoms in total. The number of pyridine rings is 1. The first-order chi connectivity index (χ1) is 9.61. The molecule has 0 bridgehead atoms. The fourth-order valence-electron chi connectivity index (χ4n) is 1.89. The summed E-state index contributed by atoms with van der Waals surface area (Å²) in [7, 11) is 1.61. The molecule has 1 N–H and O–H groups in total. The first-order valence-electron chi connectivity index (χ1n) is 6.17. The third-order valence-electron chi connectivity index (χ3n) is 2.94. The van der Waals surface area contributed by atoms with Crippen LogP contribution in [0, 0.1) is 0 Å². The zero-order valence-corrected chi connectivity index (χ0v) is 12.0. The normalized spacial score (nSPS) is 11.8. The van der Waals surface area contributed by atoms with E-state index in [-0.39, 0.29) is 11.9 Å². The van der Waals surface area contributed by atoms with Crippen molar-refractivity contribution in [1.82, 2.24) is 10.3 Å². The first kappa shape index (κ1) is 14.3. The predicted molar refractivity (Wildman–Crippen MR) is 78.1 cm³/mol. The summed E-state index contributed by atoms with van der Waals surface area (Å²) in [5.74, 6) is 0.544. The Kier molecular flexibility index (Phi) is 4.58. The minimum absolute atomic E-state index is 0.172. The summed E-state index contributed by atoms with van der Waals surface area (Å²) in [6.07, 6.45) is 1.45. The number of rotatable bonds is 4. The van der Waals surface area contributed by atoms with Crippen molar-refractivity contribution in [2.75, 3.05) is 7.11 Å². The van der Waals surface area contributed by atoms with Crippen molar-refractivity contribution in [2.24, 2.45) is 0 Å². The standard InChI is InChI=1S/C15H15ClN2O2/c1-10(12-5-3-4-6-13(12)20-2)18-15(19)11-7-8-14(16)17-9-11/h3-10H,1-2H3,(H,18,19). The number of nitrogens with one attached hydrogen (secondary N) is 1. The molecule has 20 heavy (non-hydrogen) atoms. The predicted octanol–water partition coefficient (Wildman–Crippen LogP) is 3.23. The lowest BCUT2D eigenvalue weighted by molar-refractivity contribution is 0.0939. The molecule has 1 aromatic carbocycles. The number of ether oxygens (including phenoxy) is 1. The number of carbonyl (C=O) groups is 1. The smallest absolute Gasteiger partial charge is 0.253 e. The van der Waals surface area contributed by atoms with Crippen molar-refractivity contribution in [3.8, 4) is 5.75 Å². The van der Waals surface area contributed by atoms with Gasteiger partial charge in [-0.3, -0.25) is 4.79 Å². The lowest BCUT2D eigenvalue weighted by Gasteiger charge is -2.17. The number of hydrogen-bond acceptors (Lipinski definition) is 3. The van der Waals surface area contributed by atoms with Gasteiger partial charge in [0.05, 0.1) is 18.7 Å². The van der Waals surface area contributed by atoms with Crippen LogP contribution in [0.2, 0.25) is 5.15 Å². The Bertz CT molecular complexity index is 599. The molecular weight excluding hydrogens is 276 g/mol. The first-order valence-corrected chi connectivity index (χ1v) is 6.55. The molecule has 0 aliphatic rings. The quantitative estimate of drug-likeness (QED) is 0.880. The Hall–Kier alpha value is -2.07. The Morgan fingerprint density at radius 2 is 2.05 bits per heavy atom. The molecule has 1 heterocycles. The summed E-state index contributed by atoms with van der Waals surface area (Å²) in [6.45, 7) is 1.90. The van der Waals surface area contributed by atoms with E-state index in [9.17, 15) is 4.79 Å². The van der Waals surface area contributed by atoms with Gasteiger partial charge in [-0.1, -0.05) is 29.8 Å². The third-order valence-corrected chi connectivity index (χ3v) is 3.17. The second-order valence-corrected chi connectivity index (χ2v) is 4.69. The van der Waals surface area contributed by atoms with E-state index < -0.39 is 0 Å². The Morgan fingerprint density at radius 1 is 1.30 bits per heavy atom. The summed E-state index contributed by atoms with van der Waals surface area (Å²) in [5.41, 5.74) is 1.39. The minimum atomic E-state index is -0.201. The molecular formula is C15H15ClN2O2. The number of para-hydroxylation sites is 1. The van der Waals surface area contributed by atoms with Crippen LogP contribution in [-0.4, -0.2) is 18.0 Å². The fraction of sp³-hybridized carbons (Fsp3) is 0.200. The molecule has 1 atom stereocenters. The van der Waals surface area contributed by atoms with Crippen LogP contribution in [0.3, 0.4) is 0 Å². The lowest BCUT2D eigenvalue weighted by atomic mass is 10.1. The van der Waals surface area contributed by atoms with Gasteiger partial charge in [0.1, 0.15) is 10.9 Å². The molecule has 0 radical (unpaired) electrons. The fourth-order valence-corrected chi connectivity index (χ4v) is 2.00. The second-order valence-electron chi connectivity index (χ2n) is 4.31. The number of carbonyl (C=O) groups excluding carboxylic acids is 1. The van der Waals surface area contributed by atoms with E-state index in [1.165, 1.54) is 6.20 Å². The van der Waals surface area contributed by atoms with Crippen molar-refractivity contribution >= 4 is 17.5 Å². The van der Waals surface area contributed by atoms with Gasteiger partial charge in [0, 0.05) is 11.8 Å². The Labute approximate surface area is 122 Å². The number of amides is 1. The molecule has 2 aromatic rings.